The van der Waals surface area contributed by atoms with Crippen molar-refractivity contribution in [1.29, 1.82) is 0 Å². The summed E-state index contributed by atoms with van der Waals surface area (Å²) >= 11 is 7.26. The van der Waals surface area contributed by atoms with Gasteiger partial charge in [0.2, 0.25) is 0 Å². The first-order valence-electron chi connectivity index (χ1n) is 13.4. The predicted octanol–water partition coefficient (Wildman–Crippen LogP) is 6.91. The van der Waals surface area contributed by atoms with Crippen LogP contribution >= 0.6 is 23.4 Å². The molecule has 0 heterocycles. The number of imide groups is 1. The van der Waals surface area contributed by atoms with Crippen molar-refractivity contribution in [1.82, 2.24) is 0 Å². The molecule has 2 amide bonds. The van der Waals surface area contributed by atoms with E-state index in [9.17, 15) is 19.2 Å². The van der Waals surface area contributed by atoms with Crippen LogP contribution in [0.25, 0.3) is 0 Å². The van der Waals surface area contributed by atoms with Gasteiger partial charge in [-0.05, 0) is 63.3 Å². The van der Waals surface area contributed by atoms with Crippen LogP contribution in [-0.2, 0) is 23.9 Å². The smallest absolute Gasteiger partial charge is 0.334 e. The van der Waals surface area contributed by atoms with E-state index >= 15 is 4.39 Å². The number of halogens is 2. The maximum Gasteiger partial charge on any atom is 0.334 e. The summed E-state index contributed by atoms with van der Waals surface area (Å²) in [6, 6.07) is 10.3. The molecular formula is C30H33ClFNO6S. The quantitative estimate of drug-likeness (QED) is 0.115. The fourth-order valence-corrected chi connectivity index (χ4v) is 5.33. The summed E-state index contributed by atoms with van der Waals surface area (Å²) in [7, 11) is 0. The molecule has 2 aromatic rings. The topological polar surface area (TPSA) is 90.0 Å². The Morgan fingerprint density at radius 2 is 1.65 bits per heavy atom. The van der Waals surface area contributed by atoms with Crippen LogP contribution in [0.3, 0.4) is 0 Å². The SMILES string of the molecule is CCCCCOC(=O)C1=C(C(=O)N(C(=O)c2ccccc2)c2cc(SCC(=O)OCC)c(Cl)cc2F)CCCC1. The summed E-state index contributed by atoms with van der Waals surface area (Å²) in [6.07, 6.45) is 4.47. The summed E-state index contributed by atoms with van der Waals surface area (Å²) in [6.45, 7) is 4.15. The van der Waals surface area contributed by atoms with Crippen molar-refractivity contribution in [2.24, 2.45) is 0 Å². The predicted molar refractivity (Wildman–Crippen MR) is 153 cm³/mol. The molecule has 1 aliphatic carbocycles. The minimum absolute atomic E-state index is 0.0170. The second kappa shape index (κ2) is 15.6. The number of ether oxygens (including phenoxy) is 2. The van der Waals surface area contributed by atoms with E-state index in [0.29, 0.717) is 25.7 Å². The van der Waals surface area contributed by atoms with Gasteiger partial charge >= 0.3 is 11.9 Å². The molecule has 0 radical (unpaired) electrons. The van der Waals surface area contributed by atoms with Crippen LogP contribution in [-0.4, -0.2) is 42.7 Å². The van der Waals surface area contributed by atoms with Crippen LogP contribution in [0, 0.1) is 5.82 Å². The molecule has 10 heteroatoms. The fourth-order valence-electron chi connectivity index (χ4n) is 4.27. The lowest BCUT2D eigenvalue weighted by atomic mass is 9.90. The van der Waals surface area contributed by atoms with Gasteiger partial charge in [-0.2, -0.15) is 0 Å². The van der Waals surface area contributed by atoms with Gasteiger partial charge in [-0.1, -0.05) is 49.6 Å². The molecule has 0 unspecified atom stereocenters. The van der Waals surface area contributed by atoms with Crippen molar-refractivity contribution in [3.63, 3.8) is 0 Å². The Kier molecular flexibility index (Phi) is 12.2. The molecule has 0 aliphatic heterocycles. The Morgan fingerprint density at radius 1 is 0.950 bits per heavy atom. The lowest BCUT2D eigenvalue weighted by Gasteiger charge is -2.26. The zero-order valence-corrected chi connectivity index (χ0v) is 24.2. The summed E-state index contributed by atoms with van der Waals surface area (Å²) in [5.74, 6) is -3.63. The normalized spacial score (nSPS) is 13.1. The highest BCUT2D eigenvalue weighted by Crippen LogP contribution is 2.36. The second-order valence-corrected chi connectivity index (χ2v) is 10.6. The van der Waals surface area contributed by atoms with E-state index in [1.165, 1.54) is 18.2 Å². The molecular weight excluding hydrogens is 557 g/mol. The number of unbranched alkanes of at least 4 members (excludes halogenated alkanes) is 2. The number of nitrogens with zero attached hydrogens (tertiary/aromatic N) is 1. The van der Waals surface area contributed by atoms with E-state index in [0.717, 1.165) is 35.6 Å². The number of hydrogen-bond donors (Lipinski definition) is 0. The minimum atomic E-state index is -0.900. The molecule has 3 rings (SSSR count). The van der Waals surface area contributed by atoms with E-state index < -0.39 is 29.6 Å². The number of benzene rings is 2. The molecule has 1 aliphatic rings. The standard InChI is InChI=1S/C30H33ClFNO6S/c1-3-5-11-16-39-30(37)22-15-10-9-14-21(22)29(36)33(28(35)20-12-7-6-8-13-20)25-18-26(23(31)17-24(25)32)40-19-27(34)38-4-2/h6-8,12-13,17-18H,3-5,9-11,14-16,19H2,1-2H3. The van der Waals surface area contributed by atoms with Crippen molar-refractivity contribution in [2.75, 3.05) is 23.9 Å². The third-order valence-electron chi connectivity index (χ3n) is 6.27. The number of carbonyl (C=O) groups is 4. The van der Waals surface area contributed by atoms with Gasteiger partial charge in [0.05, 0.1) is 29.7 Å². The Balaban J connectivity index is 2.05. The number of rotatable bonds is 12. The number of anilines is 1. The highest BCUT2D eigenvalue weighted by atomic mass is 35.5. The molecule has 0 fully saturated rings. The number of amides is 2. The van der Waals surface area contributed by atoms with Crippen molar-refractivity contribution in [3.8, 4) is 0 Å². The van der Waals surface area contributed by atoms with E-state index in [2.05, 4.69) is 0 Å². The fraction of sp³-hybridized carbons (Fsp3) is 0.400. The van der Waals surface area contributed by atoms with Gasteiger partial charge in [0.1, 0.15) is 5.82 Å². The zero-order chi connectivity index (χ0) is 29.1. The van der Waals surface area contributed by atoms with Gasteiger partial charge in [-0.25, -0.2) is 14.1 Å². The highest BCUT2D eigenvalue weighted by molar-refractivity contribution is 8.00. The van der Waals surface area contributed by atoms with Gasteiger partial charge in [0.25, 0.3) is 11.8 Å². The average Bonchev–Trinajstić information content (AvgIpc) is 2.96. The molecule has 0 bridgehead atoms. The molecule has 214 valence electrons. The van der Waals surface area contributed by atoms with Crippen molar-refractivity contribution in [2.45, 2.75) is 63.7 Å². The highest BCUT2D eigenvalue weighted by Gasteiger charge is 2.34. The first-order valence-corrected chi connectivity index (χ1v) is 14.7. The van der Waals surface area contributed by atoms with Crippen LogP contribution in [0.15, 0.2) is 58.5 Å². The van der Waals surface area contributed by atoms with Gasteiger partial charge in [0, 0.05) is 21.6 Å². The second-order valence-electron chi connectivity index (χ2n) is 9.15. The Bertz CT molecular complexity index is 1270. The average molecular weight is 590 g/mol. The number of thioether (sulfide) groups is 1. The maximum absolute atomic E-state index is 15.5. The summed E-state index contributed by atoms with van der Waals surface area (Å²) in [4.78, 5) is 53.7. The van der Waals surface area contributed by atoms with E-state index in [1.807, 2.05) is 6.92 Å². The van der Waals surface area contributed by atoms with Crippen LogP contribution in [0.2, 0.25) is 5.02 Å². The third-order valence-corrected chi connectivity index (χ3v) is 7.73. The maximum atomic E-state index is 15.5. The van der Waals surface area contributed by atoms with Crippen LogP contribution in [0.4, 0.5) is 10.1 Å². The summed E-state index contributed by atoms with van der Waals surface area (Å²) in [5, 5.41) is 0.0170. The van der Waals surface area contributed by atoms with Crippen LogP contribution in [0.1, 0.15) is 69.2 Å². The summed E-state index contributed by atoms with van der Waals surface area (Å²) < 4.78 is 25.8. The number of esters is 2. The van der Waals surface area contributed by atoms with Crippen molar-refractivity contribution in [3.05, 3.63) is 70.0 Å². The Morgan fingerprint density at radius 3 is 2.33 bits per heavy atom. The first-order chi connectivity index (χ1) is 19.3. The molecule has 0 spiro atoms. The first kappa shape index (κ1) is 31.4. The molecule has 0 saturated heterocycles. The van der Waals surface area contributed by atoms with Gasteiger partial charge < -0.3 is 9.47 Å². The summed E-state index contributed by atoms with van der Waals surface area (Å²) in [5.41, 5.74) is 0.172. The number of hydrogen-bond acceptors (Lipinski definition) is 7. The molecule has 2 aromatic carbocycles. The van der Waals surface area contributed by atoms with Crippen molar-refractivity contribution < 1.29 is 33.0 Å². The monoisotopic (exact) mass is 589 g/mol. The molecule has 0 saturated carbocycles. The van der Waals surface area contributed by atoms with Crippen LogP contribution < -0.4 is 4.90 Å². The third kappa shape index (κ3) is 8.17. The molecule has 40 heavy (non-hydrogen) atoms. The van der Waals surface area contributed by atoms with E-state index in [1.54, 1.807) is 25.1 Å². The Labute approximate surface area is 243 Å². The lowest BCUT2D eigenvalue weighted by molar-refractivity contribution is -0.140. The van der Waals surface area contributed by atoms with Crippen molar-refractivity contribution >= 4 is 52.8 Å². The zero-order valence-electron chi connectivity index (χ0n) is 22.7. The Hall–Kier alpha value is -3.17. The number of carbonyl (C=O) groups excluding carboxylic acids is 4. The van der Waals surface area contributed by atoms with Gasteiger partial charge in [-0.3, -0.25) is 14.4 Å². The lowest BCUT2D eigenvalue weighted by Crippen LogP contribution is -2.40. The van der Waals surface area contributed by atoms with Gasteiger partial charge in [-0.15, -0.1) is 11.8 Å². The van der Waals surface area contributed by atoms with Gasteiger partial charge in [0.15, 0.2) is 0 Å². The molecule has 0 aromatic heterocycles. The largest absolute Gasteiger partial charge is 0.465 e. The molecule has 7 nitrogen and oxygen atoms in total. The van der Waals surface area contributed by atoms with E-state index in [-0.39, 0.29) is 57.7 Å². The minimum Gasteiger partial charge on any atom is -0.465 e. The van der Waals surface area contributed by atoms with Crippen LogP contribution in [0.5, 0.6) is 0 Å². The molecule has 0 N–H and O–H groups in total. The van der Waals surface area contributed by atoms with E-state index in [4.69, 9.17) is 21.1 Å². The molecule has 0 atom stereocenters.